The topological polar surface area (TPSA) is 47.0 Å². The van der Waals surface area contributed by atoms with Gasteiger partial charge in [-0.2, -0.15) is 0 Å². The van der Waals surface area contributed by atoms with Gasteiger partial charge in [0.2, 0.25) is 0 Å². The molecule has 1 aliphatic heterocycles. The van der Waals surface area contributed by atoms with Crippen LogP contribution in [0.25, 0.3) is 0 Å². The molecular weight excluding hydrogens is 393 g/mol. The number of aromatic hydroxyl groups is 1. The first-order chi connectivity index (χ1) is 14.9. The molecule has 0 unspecified atom stereocenters. The lowest BCUT2D eigenvalue weighted by atomic mass is 9.74. The number of phenolic OH excluding ortho intramolecular Hbond substituents is 1. The molecule has 0 radical (unpaired) electrons. The van der Waals surface area contributed by atoms with Crippen molar-refractivity contribution in [2.45, 2.75) is 37.8 Å². The third kappa shape index (κ3) is 4.46. The molecule has 1 saturated heterocycles. The molecule has 1 N–H and O–H groups in total. The summed E-state index contributed by atoms with van der Waals surface area (Å²) in [5.41, 5.74) is 1.86. The molecule has 0 amide bonds. The van der Waals surface area contributed by atoms with Crippen LogP contribution in [0, 0.1) is 5.82 Å². The van der Waals surface area contributed by atoms with E-state index in [0.29, 0.717) is 37.8 Å². The van der Waals surface area contributed by atoms with Gasteiger partial charge in [-0.3, -0.25) is 9.69 Å². The van der Waals surface area contributed by atoms with Crippen molar-refractivity contribution < 1.29 is 14.3 Å². The lowest BCUT2D eigenvalue weighted by molar-refractivity contribution is -0.121. The van der Waals surface area contributed by atoms with Crippen molar-refractivity contribution in [3.05, 3.63) is 59.4 Å². The van der Waals surface area contributed by atoms with Crippen LogP contribution in [-0.2, 0) is 16.9 Å². The third-order valence-electron chi connectivity index (χ3n) is 7.09. The number of Topliss-reactive ketones (excluding diaryl/α,β-unsaturated/α-hetero) is 1. The largest absolute Gasteiger partial charge is 0.508 e. The Morgan fingerprint density at radius 2 is 1.74 bits per heavy atom. The Bertz CT molecular complexity index is 930. The molecular formula is C25H32FN3O2. The molecule has 1 aliphatic carbocycles. The molecule has 166 valence electrons. The van der Waals surface area contributed by atoms with Gasteiger partial charge in [0.15, 0.2) is 0 Å². The van der Waals surface area contributed by atoms with Gasteiger partial charge in [0, 0.05) is 69.4 Å². The summed E-state index contributed by atoms with van der Waals surface area (Å²) < 4.78 is 14.9. The van der Waals surface area contributed by atoms with E-state index in [4.69, 9.17) is 0 Å². The smallest absolute Gasteiger partial charge is 0.133 e. The molecule has 2 aromatic carbocycles. The summed E-state index contributed by atoms with van der Waals surface area (Å²) in [6, 6.07) is 12.5. The molecule has 0 bridgehead atoms. The Balaban J connectivity index is 1.65. The molecule has 2 aromatic rings. The average molecular weight is 426 g/mol. The summed E-state index contributed by atoms with van der Waals surface area (Å²) in [6.07, 6.45) is 2.06. The van der Waals surface area contributed by atoms with E-state index in [1.165, 1.54) is 6.07 Å². The Hall–Kier alpha value is -2.44. The van der Waals surface area contributed by atoms with Gasteiger partial charge < -0.3 is 14.9 Å². The van der Waals surface area contributed by atoms with Gasteiger partial charge >= 0.3 is 0 Å². The summed E-state index contributed by atoms with van der Waals surface area (Å²) in [4.78, 5) is 18.8. The monoisotopic (exact) mass is 425 g/mol. The zero-order valence-corrected chi connectivity index (χ0v) is 18.5. The summed E-state index contributed by atoms with van der Waals surface area (Å²) >= 11 is 0. The number of ketones is 1. The van der Waals surface area contributed by atoms with E-state index in [-0.39, 0.29) is 17.3 Å². The van der Waals surface area contributed by atoms with Crippen LogP contribution in [0.15, 0.2) is 42.5 Å². The van der Waals surface area contributed by atoms with Crippen molar-refractivity contribution in [2.24, 2.45) is 0 Å². The SMILES string of the molecule is CN1CCN(Cc2cc(N(C)C3(c4ccccc4F)CCC(=O)CC3)ccc2O)CC1. The van der Waals surface area contributed by atoms with Crippen LogP contribution in [0.5, 0.6) is 5.75 Å². The second-order valence-corrected chi connectivity index (χ2v) is 9.00. The number of halogens is 1. The molecule has 6 heteroatoms. The number of carbonyl (C=O) groups is 1. The maximum atomic E-state index is 14.9. The quantitative estimate of drug-likeness (QED) is 0.791. The van der Waals surface area contributed by atoms with Gasteiger partial charge in [0.05, 0.1) is 5.54 Å². The highest BCUT2D eigenvalue weighted by atomic mass is 19.1. The van der Waals surface area contributed by atoms with Crippen LogP contribution in [0.2, 0.25) is 0 Å². The normalized spacial score (nSPS) is 20.0. The number of piperazine rings is 1. The highest BCUT2D eigenvalue weighted by Gasteiger charge is 2.42. The molecule has 0 atom stereocenters. The molecule has 0 aromatic heterocycles. The molecule has 31 heavy (non-hydrogen) atoms. The molecule has 0 spiro atoms. The van der Waals surface area contributed by atoms with Gasteiger partial charge in [-0.15, -0.1) is 0 Å². The van der Waals surface area contributed by atoms with E-state index in [9.17, 15) is 14.3 Å². The Morgan fingerprint density at radius 1 is 1.06 bits per heavy atom. The van der Waals surface area contributed by atoms with Gasteiger partial charge in [-0.25, -0.2) is 4.39 Å². The minimum Gasteiger partial charge on any atom is -0.508 e. The van der Waals surface area contributed by atoms with Gasteiger partial charge in [-0.1, -0.05) is 18.2 Å². The minimum absolute atomic E-state index is 0.236. The predicted octanol–water partition coefficient (Wildman–Crippen LogP) is 3.75. The highest BCUT2D eigenvalue weighted by Crippen LogP contribution is 2.44. The van der Waals surface area contributed by atoms with E-state index in [2.05, 4.69) is 21.7 Å². The summed E-state index contributed by atoms with van der Waals surface area (Å²) in [5, 5.41) is 10.5. The van der Waals surface area contributed by atoms with Crippen LogP contribution in [0.1, 0.15) is 36.8 Å². The molecule has 1 heterocycles. The summed E-state index contributed by atoms with van der Waals surface area (Å²) in [5.74, 6) is 0.289. The average Bonchev–Trinajstić information content (AvgIpc) is 2.77. The summed E-state index contributed by atoms with van der Waals surface area (Å²) in [7, 11) is 4.11. The number of likely N-dealkylation sites (N-methyl/N-ethyl adjacent to an activating group) is 1. The van der Waals surface area contributed by atoms with Crippen molar-refractivity contribution in [2.75, 3.05) is 45.2 Å². The number of carbonyl (C=O) groups excluding carboxylic acids is 1. The molecule has 2 aliphatic rings. The number of hydrogen-bond acceptors (Lipinski definition) is 5. The van der Waals surface area contributed by atoms with Crippen LogP contribution in [-0.4, -0.2) is 61.0 Å². The van der Waals surface area contributed by atoms with Gasteiger partial charge in [0.25, 0.3) is 0 Å². The van der Waals surface area contributed by atoms with E-state index >= 15 is 0 Å². The first-order valence-corrected chi connectivity index (χ1v) is 11.1. The number of rotatable bonds is 5. The molecule has 2 fully saturated rings. The predicted molar refractivity (Wildman–Crippen MR) is 121 cm³/mol. The second kappa shape index (κ2) is 8.97. The van der Waals surface area contributed by atoms with Gasteiger partial charge in [0.1, 0.15) is 17.3 Å². The minimum atomic E-state index is -0.582. The van der Waals surface area contributed by atoms with Crippen molar-refractivity contribution in [3.8, 4) is 5.75 Å². The maximum Gasteiger partial charge on any atom is 0.133 e. The van der Waals surface area contributed by atoms with E-state index < -0.39 is 5.54 Å². The third-order valence-corrected chi connectivity index (χ3v) is 7.09. The van der Waals surface area contributed by atoms with E-state index in [0.717, 1.165) is 37.4 Å². The van der Waals surface area contributed by atoms with Crippen molar-refractivity contribution in [1.82, 2.24) is 9.80 Å². The van der Waals surface area contributed by atoms with Crippen LogP contribution in [0.4, 0.5) is 10.1 Å². The van der Waals surface area contributed by atoms with Gasteiger partial charge in [-0.05, 0) is 44.2 Å². The number of anilines is 1. The number of nitrogens with zero attached hydrogens (tertiary/aromatic N) is 3. The summed E-state index contributed by atoms with van der Waals surface area (Å²) in [6.45, 7) is 4.66. The van der Waals surface area contributed by atoms with Crippen molar-refractivity contribution >= 4 is 11.5 Å². The van der Waals surface area contributed by atoms with Crippen LogP contribution in [0.3, 0.4) is 0 Å². The molecule has 1 saturated carbocycles. The fraction of sp³-hybridized carbons (Fsp3) is 0.480. The second-order valence-electron chi connectivity index (χ2n) is 9.00. The first-order valence-electron chi connectivity index (χ1n) is 11.1. The van der Waals surface area contributed by atoms with Crippen molar-refractivity contribution in [1.29, 1.82) is 0 Å². The molecule has 4 rings (SSSR count). The zero-order valence-electron chi connectivity index (χ0n) is 18.5. The highest BCUT2D eigenvalue weighted by molar-refractivity contribution is 5.80. The van der Waals surface area contributed by atoms with Crippen LogP contribution >= 0.6 is 0 Å². The maximum absolute atomic E-state index is 14.9. The lowest BCUT2D eigenvalue weighted by Crippen LogP contribution is -2.47. The van der Waals surface area contributed by atoms with E-state index in [1.54, 1.807) is 12.1 Å². The number of benzene rings is 2. The Labute approximate surface area is 184 Å². The number of phenols is 1. The fourth-order valence-electron chi connectivity index (χ4n) is 4.97. The van der Waals surface area contributed by atoms with E-state index in [1.807, 2.05) is 31.3 Å². The van der Waals surface area contributed by atoms with Crippen LogP contribution < -0.4 is 4.90 Å². The Kier molecular flexibility index (Phi) is 6.30. The fourth-order valence-corrected chi connectivity index (χ4v) is 4.97. The Morgan fingerprint density at radius 3 is 2.42 bits per heavy atom. The first kappa shape index (κ1) is 21.8. The standard InChI is InChI=1S/C25H32FN3O2/c1-27-13-15-29(16-14-27)18-19-17-20(7-8-24(19)31)28(2)25(11-9-21(30)10-12-25)22-5-3-4-6-23(22)26/h3-8,17,31H,9-16,18H2,1-2H3. The number of hydrogen-bond donors (Lipinski definition) is 1. The lowest BCUT2D eigenvalue weighted by Gasteiger charge is -2.46. The van der Waals surface area contributed by atoms with Crippen molar-refractivity contribution in [3.63, 3.8) is 0 Å². The zero-order chi connectivity index (χ0) is 22.0. The molecule has 5 nitrogen and oxygen atoms in total.